The van der Waals surface area contributed by atoms with Crippen LogP contribution in [0.15, 0.2) is 29.9 Å². The third kappa shape index (κ3) is 2.82. The van der Waals surface area contributed by atoms with E-state index in [4.69, 9.17) is 5.73 Å². The highest BCUT2D eigenvalue weighted by Crippen LogP contribution is 2.18. The molecule has 5 heteroatoms. The van der Waals surface area contributed by atoms with E-state index in [9.17, 15) is 4.79 Å². The first-order valence-electron chi connectivity index (χ1n) is 5.18. The summed E-state index contributed by atoms with van der Waals surface area (Å²) < 4.78 is 0. The number of thiazole rings is 1. The van der Waals surface area contributed by atoms with Crippen LogP contribution in [0.5, 0.6) is 0 Å². The van der Waals surface area contributed by atoms with Crippen LogP contribution in [0.2, 0.25) is 0 Å². The number of aryl methyl sites for hydroxylation is 1. The molecule has 1 aromatic heterocycles. The van der Waals surface area contributed by atoms with E-state index in [1.807, 2.05) is 19.2 Å². The lowest BCUT2D eigenvalue weighted by molar-refractivity contribution is 0.1000. The fourth-order valence-electron chi connectivity index (χ4n) is 1.53. The fraction of sp³-hybridized carbons (Fsp3) is 0.167. The van der Waals surface area contributed by atoms with Crippen molar-refractivity contribution in [1.29, 1.82) is 0 Å². The number of anilines is 1. The van der Waals surface area contributed by atoms with Gasteiger partial charge in [-0.2, -0.15) is 0 Å². The SMILES string of the molecule is Cc1cc(C(N)=O)ccc1NCc1cncs1. The van der Waals surface area contributed by atoms with Crippen LogP contribution in [0, 0.1) is 6.92 Å². The number of aromatic nitrogens is 1. The number of benzene rings is 1. The Balaban J connectivity index is 2.09. The quantitative estimate of drug-likeness (QED) is 0.870. The second-order valence-corrected chi connectivity index (χ2v) is 4.69. The van der Waals surface area contributed by atoms with Crippen molar-refractivity contribution < 1.29 is 4.79 Å². The van der Waals surface area contributed by atoms with E-state index in [0.717, 1.165) is 17.8 Å². The first-order valence-corrected chi connectivity index (χ1v) is 6.06. The van der Waals surface area contributed by atoms with Gasteiger partial charge in [-0.15, -0.1) is 11.3 Å². The van der Waals surface area contributed by atoms with Crippen molar-refractivity contribution in [1.82, 2.24) is 4.98 Å². The second kappa shape index (κ2) is 4.97. The number of nitrogens with one attached hydrogen (secondary N) is 1. The predicted molar refractivity (Wildman–Crippen MR) is 69.1 cm³/mol. The van der Waals surface area contributed by atoms with Crippen molar-refractivity contribution in [2.24, 2.45) is 5.73 Å². The van der Waals surface area contributed by atoms with E-state index in [-0.39, 0.29) is 0 Å². The average molecular weight is 247 g/mol. The Hall–Kier alpha value is -1.88. The number of rotatable bonds is 4. The lowest BCUT2D eigenvalue weighted by atomic mass is 10.1. The molecule has 1 amide bonds. The smallest absolute Gasteiger partial charge is 0.248 e. The van der Waals surface area contributed by atoms with Gasteiger partial charge in [0, 0.05) is 22.3 Å². The van der Waals surface area contributed by atoms with Gasteiger partial charge in [-0.25, -0.2) is 0 Å². The maximum Gasteiger partial charge on any atom is 0.248 e. The molecule has 0 saturated carbocycles. The zero-order valence-corrected chi connectivity index (χ0v) is 10.3. The molecule has 0 aliphatic heterocycles. The largest absolute Gasteiger partial charge is 0.380 e. The van der Waals surface area contributed by atoms with E-state index < -0.39 is 5.91 Å². The second-order valence-electron chi connectivity index (χ2n) is 3.72. The Morgan fingerprint density at radius 3 is 2.94 bits per heavy atom. The Bertz CT molecular complexity index is 523. The highest BCUT2D eigenvalue weighted by Gasteiger charge is 2.04. The normalized spacial score (nSPS) is 10.2. The summed E-state index contributed by atoms with van der Waals surface area (Å²) in [6, 6.07) is 5.39. The van der Waals surface area contributed by atoms with Crippen molar-refractivity contribution in [3.63, 3.8) is 0 Å². The zero-order valence-electron chi connectivity index (χ0n) is 9.43. The van der Waals surface area contributed by atoms with Crippen LogP contribution in [-0.4, -0.2) is 10.9 Å². The van der Waals surface area contributed by atoms with Gasteiger partial charge in [0.05, 0.1) is 12.1 Å². The summed E-state index contributed by atoms with van der Waals surface area (Å²) in [5.41, 5.74) is 9.57. The molecule has 0 bridgehead atoms. The molecule has 0 aliphatic carbocycles. The first kappa shape index (κ1) is 11.6. The minimum absolute atomic E-state index is 0.401. The van der Waals surface area contributed by atoms with Crippen LogP contribution in [0.3, 0.4) is 0 Å². The van der Waals surface area contributed by atoms with Crippen molar-refractivity contribution >= 4 is 22.9 Å². The van der Waals surface area contributed by atoms with E-state index in [1.165, 1.54) is 4.88 Å². The number of hydrogen-bond acceptors (Lipinski definition) is 4. The highest BCUT2D eigenvalue weighted by molar-refractivity contribution is 7.09. The molecule has 88 valence electrons. The summed E-state index contributed by atoms with van der Waals surface area (Å²) in [5.74, 6) is -0.401. The molecule has 0 fully saturated rings. The molecule has 17 heavy (non-hydrogen) atoms. The van der Waals surface area contributed by atoms with Crippen LogP contribution in [0.25, 0.3) is 0 Å². The lowest BCUT2D eigenvalue weighted by Crippen LogP contribution is -2.11. The molecule has 2 rings (SSSR count). The van der Waals surface area contributed by atoms with Gasteiger partial charge in [0.2, 0.25) is 5.91 Å². The van der Waals surface area contributed by atoms with Gasteiger partial charge < -0.3 is 11.1 Å². The predicted octanol–water partition coefficient (Wildman–Crippen LogP) is 2.16. The highest BCUT2D eigenvalue weighted by atomic mass is 32.1. The van der Waals surface area contributed by atoms with Gasteiger partial charge in [0.25, 0.3) is 0 Å². The first-order chi connectivity index (χ1) is 8.16. The molecular weight excluding hydrogens is 234 g/mol. The molecular formula is C12H13N3OS. The van der Waals surface area contributed by atoms with Gasteiger partial charge in [-0.3, -0.25) is 9.78 Å². The number of amides is 1. The maximum absolute atomic E-state index is 11.0. The minimum Gasteiger partial charge on any atom is -0.380 e. The summed E-state index contributed by atoms with van der Waals surface area (Å²) in [7, 11) is 0. The molecule has 0 spiro atoms. The minimum atomic E-state index is -0.401. The van der Waals surface area contributed by atoms with Gasteiger partial charge in [-0.1, -0.05) is 0 Å². The summed E-state index contributed by atoms with van der Waals surface area (Å²) in [6.07, 6.45) is 1.84. The molecule has 4 nitrogen and oxygen atoms in total. The number of hydrogen-bond donors (Lipinski definition) is 2. The Labute approximate surface area is 103 Å². The Kier molecular flexibility index (Phi) is 3.39. The van der Waals surface area contributed by atoms with Crippen LogP contribution >= 0.6 is 11.3 Å². The maximum atomic E-state index is 11.0. The molecule has 0 aliphatic rings. The summed E-state index contributed by atoms with van der Waals surface area (Å²) in [5, 5.41) is 3.30. The van der Waals surface area contributed by atoms with E-state index in [1.54, 1.807) is 29.0 Å². The zero-order chi connectivity index (χ0) is 12.3. The van der Waals surface area contributed by atoms with Gasteiger partial charge in [0.1, 0.15) is 0 Å². The summed E-state index contributed by atoms with van der Waals surface area (Å²) in [6.45, 7) is 2.68. The van der Waals surface area contributed by atoms with Crippen molar-refractivity contribution in [3.05, 3.63) is 45.9 Å². The number of primary amides is 1. The van der Waals surface area contributed by atoms with Gasteiger partial charge in [0.15, 0.2) is 0 Å². The summed E-state index contributed by atoms with van der Waals surface area (Å²) in [4.78, 5) is 16.2. The van der Waals surface area contributed by atoms with Crippen LogP contribution in [0.4, 0.5) is 5.69 Å². The monoisotopic (exact) mass is 247 g/mol. The topological polar surface area (TPSA) is 68.0 Å². The van der Waals surface area contributed by atoms with Gasteiger partial charge in [-0.05, 0) is 30.7 Å². The van der Waals surface area contributed by atoms with E-state index in [0.29, 0.717) is 5.56 Å². The molecule has 1 heterocycles. The van der Waals surface area contributed by atoms with Crippen molar-refractivity contribution in [3.8, 4) is 0 Å². The Morgan fingerprint density at radius 2 is 2.35 bits per heavy atom. The molecule has 0 atom stereocenters. The molecule has 3 N–H and O–H groups in total. The number of carbonyl (C=O) groups is 1. The third-order valence-corrected chi connectivity index (χ3v) is 3.23. The molecule has 0 saturated heterocycles. The third-order valence-electron chi connectivity index (χ3n) is 2.45. The fourth-order valence-corrected chi connectivity index (χ4v) is 2.06. The van der Waals surface area contributed by atoms with Gasteiger partial charge >= 0.3 is 0 Å². The number of nitrogens with zero attached hydrogens (tertiary/aromatic N) is 1. The van der Waals surface area contributed by atoms with Crippen molar-refractivity contribution in [2.75, 3.05) is 5.32 Å². The average Bonchev–Trinajstić information content (AvgIpc) is 2.80. The van der Waals surface area contributed by atoms with Crippen molar-refractivity contribution in [2.45, 2.75) is 13.5 Å². The van der Waals surface area contributed by atoms with E-state index >= 15 is 0 Å². The standard InChI is InChI=1S/C12H13N3OS/c1-8-4-9(12(13)16)2-3-11(8)15-6-10-5-14-7-17-10/h2-5,7,15H,6H2,1H3,(H2,13,16). The molecule has 0 unspecified atom stereocenters. The van der Waals surface area contributed by atoms with Crippen LogP contribution < -0.4 is 11.1 Å². The molecule has 1 aromatic carbocycles. The number of carbonyl (C=O) groups excluding carboxylic acids is 1. The Morgan fingerprint density at radius 1 is 1.53 bits per heavy atom. The molecule has 0 radical (unpaired) electrons. The summed E-state index contributed by atoms with van der Waals surface area (Å²) >= 11 is 1.61. The number of nitrogens with two attached hydrogens (primary N) is 1. The lowest BCUT2D eigenvalue weighted by Gasteiger charge is -2.09. The molecule has 2 aromatic rings. The van der Waals surface area contributed by atoms with Crippen LogP contribution in [-0.2, 0) is 6.54 Å². The van der Waals surface area contributed by atoms with Crippen LogP contribution in [0.1, 0.15) is 20.8 Å². The van der Waals surface area contributed by atoms with E-state index in [2.05, 4.69) is 10.3 Å².